The number of likely N-dealkylation sites (N-methyl/N-ethyl adjacent to an activating group) is 1. The lowest BCUT2D eigenvalue weighted by Gasteiger charge is -2.24. The third kappa shape index (κ3) is 5.13. The molecule has 5 heteroatoms. The van der Waals surface area contributed by atoms with Crippen molar-refractivity contribution in [1.82, 2.24) is 4.90 Å². The average molecular weight is 288 g/mol. The van der Waals surface area contributed by atoms with Crippen molar-refractivity contribution in [2.45, 2.75) is 32.5 Å². The average Bonchev–Trinajstić information content (AvgIpc) is 2.35. The molecule has 0 spiro atoms. The number of nitrogens with two attached hydrogens (primary N) is 1. The van der Waals surface area contributed by atoms with E-state index >= 15 is 0 Å². The van der Waals surface area contributed by atoms with Crippen molar-refractivity contribution >= 4 is 0 Å². The van der Waals surface area contributed by atoms with Crippen LogP contribution in [0.15, 0.2) is 24.3 Å². The first-order valence-electron chi connectivity index (χ1n) is 6.82. The van der Waals surface area contributed by atoms with Crippen LogP contribution in [0.1, 0.15) is 37.4 Å². The van der Waals surface area contributed by atoms with E-state index in [2.05, 4.69) is 13.8 Å². The van der Waals surface area contributed by atoms with Crippen LogP contribution in [0, 0.1) is 5.92 Å². The molecule has 0 saturated heterocycles. The lowest BCUT2D eigenvalue weighted by atomic mass is 10.00. The Balaban J connectivity index is 2.75. The molecule has 0 aromatic heterocycles. The summed E-state index contributed by atoms with van der Waals surface area (Å²) in [6.45, 7) is 5.48. The second-order valence-electron chi connectivity index (χ2n) is 5.64. The first kappa shape index (κ1) is 17.0. The molecule has 0 radical (unpaired) electrons. The maximum absolute atomic E-state index is 12.9. The van der Waals surface area contributed by atoms with Gasteiger partial charge >= 0.3 is 6.18 Å². The van der Waals surface area contributed by atoms with Crippen molar-refractivity contribution < 1.29 is 13.2 Å². The SMILES string of the molecule is CC(C)CCN(C)CC(N)c1ccccc1C(F)(F)F. The smallest absolute Gasteiger partial charge is 0.323 e. The van der Waals surface area contributed by atoms with Crippen LogP contribution in [0.25, 0.3) is 0 Å². The van der Waals surface area contributed by atoms with Crippen molar-refractivity contribution in [3.63, 3.8) is 0 Å². The van der Waals surface area contributed by atoms with Crippen LogP contribution in [0.3, 0.4) is 0 Å². The fraction of sp³-hybridized carbons (Fsp3) is 0.600. The summed E-state index contributed by atoms with van der Waals surface area (Å²) < 4.78 is 38.8. The van der Waals surface area contributed by atoms with Gasteiger partial charge in [-0.3, -0.25) is 0 Å². The zero-order valence-corrected chi connectivity index (χ0v) is 12.2. The molecule has 0 fully saturated rings. The topological polar surface area (TPSA) is 29.3 Å². The van der Waals surface area contributed by atoms with Gasteiger partial charge in [-0.05, 0) is 37.6 Å². The molecule has 20 heavy (non-hydrogen) atoms. The Kier molecular flexibility index (Phi) is 6.02. The van der Waals surface area contributed by atoms with Gasteiger partial charge in [-0.1, -0.05) is 32.0 Å². The van der Waals surface area contributed by atoms with Crippen molar-refractivity contribution in [2.75, 3.05) is 20.1 Å². The van der Waals surface area contributed by atoms with Crippen LogP contribution in [-0.4, -0.2) is 25.0 Å². The van der Waals surface area contributed by atoms with Gasteiger partial charge in [0.15, 0.2) is 0 Å². The molecule has 1 atom stereocenters. The van der Waals surface area contributed by atoms with E-state index < -0.39 is 17.8 Å². The third-order valence-corrected chi connectivity index (χ3v) is 3.26. The molecule has 0 aliphatic heterocycles. The summed E-state index contributed by atoms with van der Waals surface area (Å²) in [6.07, 6.45) is -3.35. The Hall–Kier alpha value is -1.07. The molecule has 1 aromatic carbocycles. The molecule has 0 aliphatic carbocycles. The van der Waals surface area contributed by atoms with E-state index in [-0.39, 0.29) is 5.56 Å². The van der Waals surface area contributed by atoms with Crippen molar-refractivity contribution in [2.24, 2.45) is 11.7 Å². The Labute approximate surface area is 118 Å². The van der Waals surface area contributed by atoms with Crippen LogP contribution in [0.4, 0.5) is 13.2 Å². The fourth-order valence-electron chi connectivity index (χ4n) is 2.08. The highest BCUT2D eigenvalue weighted by atomic mass is 19.4. The lowest BCUT2D eigenvalue weighted by Crippen LogP contribution is -2.31. The van der Waals surface area contributed by atoms with E-state index in [1.165, 1.54) is 12.1 Å². The second kappa shape index (κ2) is 7.09. The summed E-state index contributed by atoms with van der Waals surface area (Å²) in [5.74, 6) is 0.566. The van der Waals surface area contributed by atoms with Crippen LogP contribution in [0.2, 0.25) is 0 Å². The number of rotatable bonds is 6. The summed E-state index contributed by atoms with van der Waals surface area (Å²) in [5, 5.41) is 0. The summed E-state index contributed by atoms with van der Waals surface area (Å²) in [6, 6.07) is 4.90. The van der Waals surface area contributed by atoms with E-state index in [9.17, 15) is 13.2 Å². The minimum absolute atomic E-state index is 0.163. The molecule has 0 saturated carbocycles. The highest BCUT2D eigenvalue weighted by molar-refractivity contribution is 5.32. The normalized spacial score (nSPS) is 14.1. The predicted molar refractivity (Wildman–Crippen MR) is 75.3 cm³/mol. The first-order chi connectivity index (χ1) is 9.21. The number of halogens is 3. The first-order valence-corrected chi connectivity index (χ1v) is 6.82. The Morgan fingerprint density at radius 3 is 2.35 bits per heavy atom. The van der Waals surface area contributed by atoms with Gasteiger partial charge in [0.05, 0.1) is 5.56 Å². The van der Waals surface area contributed by atoms with Crippen molar-refractivity contribution in [3.8, 4) is 0 Å². The van der Waals surface area contributed by atoms with E-state index in [0.717, 1.165) is 19.0 Å². The van der Waals surface area contributed by atoms with Crippen LogP contribution in [0.5, 0.6) is 0 Å². The van der Waals surface area contributed by atoms with Gasteiger partial charge in [-0.25, -0.2) is 0 Å². The standard InChI is InChI=1S/C15H23F3N2/c1-11(2)8-9-20(3)10-14(19)12-6-4-5-7-13(12)15(16,17)18/h4-7,11,14H,8-10,19H2,1-3H3. The number of hydrogen-bond donors (Lipinski definition) is 1. The van der Waals surface area contributed by atoms with E-state index in [0.29, 0.717) is 12.5 Å². The summed E-state index contributed by atoms with van der Waals surface area (Å²) in [4.78, 5) is 1.98. The molecule has 2 nitrogen and oxygen atoms in total. The monoisotopic (exact) mass is 288 g/mol. The second-order valence-corrected chi connectivity index (χ2v) is 5.64. The van der Waals surface area contributed by atoms with Crippen LogP contribution in [-0.2, 0) is 6.18 Å². The van der Waals surface area contributed by atoms with E-state index in [4.69, 9.17) is 5.73 Å². The van der Waals surface area contributed by atoms with Crippen LogP contribution < -0.4 is 5.73 Å². The zero-order valence-electron chi connectivity index (χ0n) is 12.2. The molecule has 2 N–H and O–H groups in total. The van der Waals surface area contributed by atoms with Gasteiger partial charge < -0.3 is 10.6 Å². The highest BCUT2D eigenvalue weighted by Crippen LogP contribution is 2.34. The van der Waals surface area contributed by atoms with Gasteiger partial charge in [0, 0.05) is 12.6 Å². The molecule has 1 unspecified atom stereocenters. The maximum Gasteiger partial charge on any atom is 0.416 e. The summed E-state index contributed by atoms with van der Waals surface area (Å²) in [7, 11) is 1.89. The zero-order chi connectivity index (χ0) is 15.3. The lowest BCUT2D eigenvalue weighted by molar-refractivity contribution is -0.138. The van der Waals surface area contributed by atoms with Gasteiger partial charge in [0.2, 0.25) is 0 Å². The Morgan fingerprint density at radius 1 is 1.20 bits per heavy atom. The summed E-state index contributed by atoms with van der Waals surface area (Å²) >= 11 is 0. The van der Waals surface area contributed by atoms with Crippen molar-refractivity contribution in [1.29, 1.82) is 0 Å². The number of nitrogens with zero attached hydrogens (tertiary/aromatic N) is 1. The van der Waals surface area contributed by atoms with Crippen molar-refractivity contribution in [3.05, 3.63) is 35.4 Å². The molecule has 1 rings (SSSR count). The number of benzene rings is 1. The molecule has 0 bridgehead atoms. The fourth-order valence-corrected chi connectivity index (χ4v) is 2.08. The van der Waals surface area contributed by atoms with Gasteiger partial charge in [0.1, 0.15) is 0 Å². The predicted octanol–water partition coefficient (Wildman–Crippen LogP) is 3.68. The van der Waals surface area contributed by atoms with Gasteiger partial charge in [-0.15, -0.1) is 0 Å². The molecular weight excluding hydrogens is 265 g/mol. The molecule has 1 aromatic rings. The van der Waals surface area contributed by atoms with Crippen LogP contribution >= 0.6 is 0 Å². The highest BCUT2D eigenvalue weighted by Gasteiger charge is 2.34. The number of alkyl halides is 3. The Bertz CT molecular complexity index is 416. The van der Waals surface area contributed by atoms with Gasteiger partial charge in [-0.2, -0.15) is 13.2 Å². The molecule has 0 amide bonds. The number of hydrogen-bond acceptors (Lipinski definition) is 2. The quantitative estimate of drug-likeness (QED) is 0.865. The minimum Gasteiger partial charge on any atom is -0.323 e. The van der Waals surface area contributed by atoms with E-state index in [1.54, 1.807) is 6.07 Å². The molecular formula is C15H23F3N2. The minimum atomic E-state index is -4.36. The molecule has 114 valence electrons. The molecule has 0 aliphatic rings. The largest absolute Gasteiger partial charge is 0.416 e. The molecule has 0 heterocycles. The van der Waals surface area contributed by atoms with E-state index in [1.807, 2.05) is 11.9 Å². The maximum atomic E-state index is 12.9. The third-order valence-electron chi connectivity index (χ3n) is 3.26. The van der Waals surface area contributed by atoms with Gasteiger partial charge in [0.25, 0.3) is 0 Å². The summed E-state index contributed by atoms with van der Waals surface area (Å²) in [5.41, 5.74) is 5.49. The Morgan fingerprint density at radius 2 is 1.80 bits per heavy atom.